The topological polar surface area (TPSA) is 21.7 Å². The summed E-state index contributed by atoms with van der Waals surface area (Å²) < 4.78 is 11.3. The molecule has 2 fully saturated rings. The van der Waals surface area contributed by atoms with E-state index >= 15 is 0 Å². The van der Waals surface area contributed by atoms with E-state index in [0.717, 1.165) is 32.7 Å². The molecule has 2 aliphatic rings. The van der Waals surface area contributed by atoms with Gasteiger partial charge in [-0.1, -0.05) is 13.3 Å². The lowest BCUT2D eigenvalue weighted by molar-refractivity contribution is -0.235. The van der Waals surface area contributed by atoms with Crippen molar-refractivity contribution in [2.24, 2.45) is 0 Å². The lowest BCUT2D eigenvalue weighted by atomic mass is 10.2. The van der Waals surface area contributed by atoms with Gasteiger partial charge < -0.3 is 9.47 Å². The molecule has 2 rings (SSSR count). The summed E-state index contributed by atoms with van der Waals surface area (Å²) in [7, 11) is 0. The van der Waals surface area contributed by atoms with Crippen LogP contribution >= 0.6 is 0 Å². The van der Waals surface area contributed by atoms with Crippen LogP contribution in [0.2, 0.25) is 0 Å². The maximum atomic E-state index is 5.67. The van der Waals surface area contributed by atoms with Gasteiger partial charge in [-0.05, 0) is 6.42 Å². The number of hydrogen-bond donors (Lipinski definition) is 0. The Morgan fingerprint density at radius 1 is 1.25 bits per heavy atom. The second-order valence-corrected chi connectivity index (χ2v) is 3.50. The number of ether oxygens (including phenoxy) is 2. The predicted molar refractivity (Wildman–Crippen MR) is 45.7 cm³/mol. The van der Waals surface area contributed by atoms with Crippen molar-refractivity contribution in [2.75, 3.05) is 26.3 Å². The summed E-state index contributed by atoms with van der Waals surface area (Å²) in [5.74, 6) is -0.310. The van der Waals surface area contributed by atoms with Gasteiger partial charge in [-0.25, -0.2) is 4.90 Å². The minimum Gasteiger partial charge on any atom is -0.336 e. The van der Waals surface area contributed by atoms with Crippen molar-refractivity contribution in [3.63, 3.8) is 0 Å². The molecule has 0 amide bonds. The molecule has 0 atom stereocenters. The van der Waals surface area contributed by atoms with Gasteiger partial charge in [0.25, 0.3) is 0 Å². The van der Waals surface area contributed by atoms with Gasteiger partial charge in [0.05, 0.1) is 13.2 Å². The Labute approximate surface area is 73.6 Å². The quantitative estimate of drug-likeness (QED) is 0.636. The lowest BCUT2D eigenvalue weighted by Crippen LogP contribution is -2.40. The molecule has 12 heavy (non-hydrogen) atoms. The first-order valence-electron chi connectivity index (χ1n) is 4.90. The first-order chi connectivity index (χ1) is 5.87. The van der Waals surface area contributed by atoms with E-state index in [1.54, 1.807) is 0 Å². The zero-order chi connectivity index (χ0) is 8.44. The van der Waals surface area contributed by atoms with Crippen LogP contribution in [0.25, 0.3) is 0 Å². The van der Waals surface area contributed by atoms with Gasteiger partial charge in [0.15, 0.2) is 0 Å². The normalized spacial score (nSPS) is 27.8. The second-order valence-electron chi connectivity index (χ2n) is 3.50. The molecule has 0 unspecified atom stereocenters. The fourth-order valence-corrected chi connectivity index (χ4v) is 2.01. The maximum absolute atomic E-state index is 5.67. The highest BCUT2D eigenvalue weighted by Gasteiger charge is 2.46. The van der Waals surface area contributed by atoms with E-state index in [2.05, 4.69) is 11.8 Å². The van der Waals surface area contributed by atoms with Crippen molar-refractivity contribution in [3.8, 4) is 0 Å². The van der Waals surface area contributed by atoms with Crippen molar-refractivity contribution in [1.82, 2.24) is 4.90 Å². The first kappa shape index (κ1) is 8.48. The summed E-state index contributed by atoms with van der Waals surface area (Å²) in [5, 5.41) is 0. The minimum atomic E-state index is -0.310. The van der Waals surface area contributed by atoms with E-state index in [-0.39, 0.29) is 5.91 Å². The van der Waals surface area contributed by atoms with E-state index < -0.39 is 0 Å². The van der Waals surface area contributed by atoms with Gasteiger partial charge >= 0.3 is 0 Å². The van der Waals surface area contributed by atoms with Crippen LogP contribution in [0.1, 0.15) is 26.2 Å². The Morgan fingerprint density at radius 2 is 1.92 bits per heavy atom. The molecule has 0 N–H and O–H groups in total. The summed E-state index contributed by atoms with van der Waals surface area (Å²) in [6.07, 6.45) is 3.43. The van der Waals surface area contributed by atoms with Crippen molar-refractivity contribution < 1.29 is 9.47 Å². The third-order valence-corrected chi connectivity index (χ3v) is 2.71. The molecule has 0 saturated carbocycles. The molecule has 0 aromatic carbocycles. The molecule has 3 heteroatoms. The molecular formula is C9H17NO2. The Morgan fingerprint density at radius 3 is 2.50 bits per heavy atom. The van der Waals surface area contributed by atoms with E-state index in [4.69, 9.17) is 9.47 Å². The average molecular weight is 171 g/mol. The number of unbranched alkanes of at least 4 members (excludes halogenated alkanes) is 1. The highest BCUT2D eigenvalue weighted by Crippen LogP contribution is 2.33. The molecule has 0 bridgehead atoms. The molecular weight excluding hydrogens is 154 g/mol. The zero-order valence-corrected chi connectivity index (χ0v) is 7.71. The summed E-state index contributed by atoms with van der Waals surface area (Å²) in [5.41, 5.74) is 0. The Hall–Kier alpha value is -0.120. The molecule has 0 radical (unpaired) electrons. The monoisotopic (exact) mass is 171 g/mol. The van der Waals surface area contributed by atoms with Gasteiger partial charge in [0.1, 0.15) is 0 Å². The van der Waals surface area contributed by atoms with Crippen molar-refractivity contribution >= 4 is 0 Å². The largest absolute Gasteiger partial charge is 0.336 e. The van der Waals surface area contributed by atoms with Crippen LogP contribution in [0.5, 0.6) is 0 Å². The van der Waals surface area contributed by atoms with Crippen molar-refractivity contribution in [1.29, 1.82) is 0 Å². The van der Waals surface area contributed by atoms with Gasteiger partial charge in [0.2, 0.25) is 5.91 Å². The Kier molecular flexibility index (Phi) is 2.35. The van der Waals surface area contributed by atoms with E-state index in [0.29, 0.717) is 0 Å². The Bertz CT molecular complexity index is 151. The molecule has 0 aliphatic carbocycles. The zero-order valence-electron chi connectivity index (χ0n) is 7.71. The lowest BCUT2D eigenvalue weighted by Gasteiger charge is -2.28. The summed E-state index contributed by atoms with van der Waals surface area (Å²) in [6, 6.07) is 0. The summed E-state index contributed by atoms with van der Waals surface area (Å²) in [6.45, 7) is 5.96. The molecule has 0 spiro atoms. The fraction of sp³-hybridized carbons (Fsp3) is 1.00. The van der Waals surface area contributed by atoms with Crippen LogP contribution in [0.3, 0.4) is 0 Å². The standard InChI is InChI=1S/C9H17NO2/c1-2-3-4-9-10(5-7-11-9)6-8-12-9/h2-8H2,1H3. The minimum absolute atomic E-state index is 0.310. The molecule has 3 nitrogen and oxygen atoms in total. The molecule has 0 aromatic rings. The maximum Gasteiger partial charge on any atom is 0.230 e. The SMILES string of the molecule is CCCCC12OCCN1CCO2. The molecule has 0 aromatic heterocycles. The van der Waals surface area contributed by atoms with E-state index in [1.807, 2.05) is 0 Å². The number of nitrogens with zero attached hydrogens (tertiary/aromatic N) is 1. The third kappa shape index (κ3) is 1.26. The van der Waals surface area contributed by atoms with Crippen LogP contribution in [0, 0.1) is 0 Å². The second kappa shape index (κ2) is 3.32. The van der Waals surface area contributed by atoms with Crippen LogP contribution in [-0.2, 0) is 9.47 Å². The van der Waals surface area contributed by atoms with E-state index in [9.17, 15) is 0 Å². The molecule has 2 aliphatic heterocycles. The average Bonchev–Trinajstić information content (AvgIpc) is 2.58. The van der Waals surface area contributed by atoms with Gasteiger partial charge in [-0.2, -0.15) is 0 Å². The van der Waals surface area contributed by atoms with Gasteiger partial charge in [0, 0.05) is 19.5 Å². The Balaban J connectivity index is 1.97. The van der Waals surface area contributed by atoms with E-state index in [1.165, 1.54) is 12.8 Å². The van der Waals surface area contributed by atoms with Crippen molar-refractivity contribution in [2.45, 2.75) is 32.1 Å². The first-order valence-corrected chi connectivity index (χ1v) is 4.90. The number of rotatable bonds is 3. The van der Waals surface area contributed by atoms with Gasteiger partial charge in [-0.15, -0.1) is 0 Å². The van der Waals surface area contributed by atoms with Crippen molar-refractivity contribution in [3.05, 3.63) is 0 Å². The van der Waals surface area contributed by atoms with Crippen LogP contribution < -0.4 is 0 Å². The fourth-order valence-electron chi connectivity index (χ4n) is 2.01. The molecule has 2 saturated heterocycles. The number of hydrogen-bond acceptors (Lipinski definition) is 3. The summed E-state index contributed by atoms with van der Waals surface area (Å²) in [4.78, 5) is 2.32. The van der Waals surface area contributed by atoms with Crippen LogP contribution in [0.15, 0.2) is 0 Å². The smallest absolute Gasteiger partial charge is 0.230 e. The number of fused-ring (bicyclic) bond motifs is 1. The highest BCUT2D eigenvalue weighted by atomic mass is 16.7. The summed E-state index contributed by atoms with van der Waals surface area (Å²) >= 11 is 0. The highest BCUT2D eigenvalue weighted by molar-refractivity contribution is 4.82. The third-order valence-electron chi connectivity index (χ3n) is 2.71. The van der Waals surface area contributed by atoms with Crippen LogP contribution in [-0.4, -0.2) is 37.1 Å². The predicted octanol–water partition coefficient (Wildman–Crippen LogP) is 1.19. The van der Waals surface area contributed by atoms with Crippen LogP contribution in [0.4, 0.5) is 0 Å². The van der Waals surface area contributed by atoms with Gasteiger partial charge in [-0.3, -0.25) is 0 Å². The molecule has 2 heterocycles. The molecule has 70 valence electrons.